The molecular weight excluding hydrogens is 446 g/mol. The van der Waals surface area contributed by atoms with Crippen LogP contribution in [-0.2, 0) is 32.1 Å². The van der Waals surface area contributed by atoms with Crippen molar-refractivity contribution in [3.63, 3.8) is 0 Å². The van der Waals surface area contributed by atoms with Crippen LogP contribution >= 0.6 is 0 Å². The number of fused-ring (bicyclic) bond motifs is 3. The third-order valence-electron chi connectivity index (χ3n) is 4.97. The predicted molar refractivity (Wildman–Crippen MR) is 94.9 cm³/mol. The standard InChI is InChI=1S/C18H14F6N6O2/c19-10-6-12(21)11(20)4-8(10)3-9(25-17(31)32)5-14-27-28-16-15-26-13(18(22,23)24)7-29(15)1-2-30(14)16/h4,6-7,9,25H,1-3,5H2,(H,31,32)/t9-/m1/s1. The molecule has 170 valence electrons. The summed E-state index contributed by atoms with van der Waals surface area (Å²) in [7, 11) is 0. The smallest absolute Gasteiger partial charge is 0.434 e. The maximum absolute atomic E-state index is 14.0. The molecule has 8 nitrogen and oxygen atoms in total. The van der Waals surface area contributed by atoms with Gasteiger partial charge in [-0.1, -0.05) is 0 Å². The molecule has 4 rings (SSSR count). The minimum atomic E-state index is -4.64. The Morgan fingerprint density at radius 1 is 1.06 bits per heavy atom. The predicted octanol–water partition coefficient (Wildman–Crippen LogP) is 3.01. The van der Waals surface area contributed by atoms with Gasteiger partial charge in [-0.3, -0.25) is 0 Å². The van der Waals surface area contributed by atoms with E-state index in [-0.39, 0.29) is 49.0 Å². The number of hydrogen-bond donors (Lipinski definition) is 2. The Morgan fingerprint density at radius 3 is 2.47 bits per heavy atom. The quantitative estimate of drug-likeness (QED) is 0.451. The van der Waals surface area contributed by atoms with Crippen molar-refractivity contribution in [2.75, 3.05) is 0 Å². The van der Waals surface area contributed by atoms with Gasteiger partial charge in [-0.25, -0.2) is 22.9 Å². The summed E-state index contributed by atoms with van der Waals surface area (Å²) < 4.78 is 82.4. The molecule has 1 amide bonds. The van der Waals surface area contributed by atoms with Gasteiger partial charge in [-0.15, -0.1) is 10.2 Å². The highest BCUT2D eigenvalue weighted by Crippen LogP contribution is 2.32. The first-order valence-corrected chi connectivity index (χ1v) is 9.22. The molecule has 0 saturated heterocycles. The molecule has 0 fully saturated rings. The molecule has 0 unspecified atom stereocenters. The summed E-state index contributed by atoms with van der Waals surface area (Å²) in [5.74, 6) is -3.49. The van der Waals surface area contributed by atoms with Crippen LogP contribution < -0.4 is 5.32 Å². The van der Waals surface area contributed by atoms with Crippen molar-refractivity contribution >= 4 is 6.09 Å². The zero-order chi connectivity index (χ0) is 23.2. The van der Waals surface area contributed by atoms with Gasteiger partial charge in [-0.05, 0) is 18.1 Å². The van der Waals surface area contributed by atoms with Crippen molar-refractivity contribution in [3.05, 3.63) is 52.9 Å². The van der Waals surface area contributed by atoms with Gasteiger partial charge in [0.25, 0.3) is 0 Å². The van der Waals surface area contributed by atoms with E-state index >= 15 is 0 Å². The highest BCUT2D eigenvalue weighted by Gasteiger charge is 2.37. The zero-order valence-electron chi connectivity index (χ0n) is 16.0. The van der Waals surface area contributed by atoms with Crippen molar-refractivity contribution in [3.8, 4) is 11.6 Å². The second-order valence-corrected chi connectivity index (χ2v) is 7.14. The van der Waals surface area contributed by atoms with Gasteiger partial charge < -0.3 is 19.6 Å². The van der Waals surface area contributed by atoms with Crippen molar-refractivity contribution in [2.24, 2.45) is 0 Å². The number of nitrogens with zero attached hydrogens (tertiary/aromatic N) is 5. The van der Waals surface area contributed by atoms with E-state index in [1.54, 1.807) is 0 Å². The minimum absolute atomic E-state index is 0.0447. The topological polar surface area (TPSA) is 97.9 Å². The number of nitrogens with one attached hydrogen (secondary N) is 1. The highest BCUT2D eigenvalue weighted by molar-refractivity contribution is 5.65. The molecule has 1 aliphatic heterocycles. The number of rotatable bonds is 5. The molecule has 3 aromatic rings. The molecule has 1 aliphatic rings. The number of halogens is 6. The fourth-order valence-electron chi connectivity index (χ4n) is 3.55. The van der Waals surface area contributed by atoms with Gasteiger partial charge in [0.1, 0.15) is 11.6 Å². The lowest BCUT2D eigenvalue weighted by Gasteiger charge is -2.20. The van der Waals surface area contributed by atoms with Crippen LogP contribution in [0.25, 0.3) is 11.6 Å². The molecule has 2 aromatic heterocycles. The first-order valence-electron chi connectivity index (χ1n) is 9.22. The van der Waals surface area contributed by atoms with Crippen LogP contribution in [0.2, 0.25) is 0 Å². The maximum Gasteiger partial charge on any atom is 0.434 e. The highest BCUT2D eigenvalue weighted by atomic mass is 19.4. The van der Waals surface area contributed by atoms with Crippen LogP contribution in [0.1, 0.15) is 17.1 Å². The summed E-state index contributed by atoms with van der Waals surface area (Å²) in [6.45, 7) is 0.336. The second-order valence-electron chi connectivity index (χ2n) is 7.14. The summed E-state index contributed by atoms with van der Waals surface area (Å²) in [5.41, 5.74) is -1.34. The van der Waals surface area contributed by atoms with E-state index in [2.05, 4.69) is 20.5 Å². The molecular formula is C18H14F6N6O2. The number of imidazole rings is 1. The van der Waals surface area contributed by atoms with E-state index in [0.29, 0.717) is 12.1 Å². The lowest BCUT2D eigenvalue weighted by atomic mass is 10.0. The van der Waals surface area contributed by atoms with Gasteiger partial charge in [-0.2, -0.15) is 13.2 Å². The lowest BCUT2D eigenvalue weighted by Crippen LogP contribution is -2.38. The van der Waals surface area contributed by atoms with Crippen molar-refractivity contribution in [2.45, 2.75) is 38.1 Å². The molecule has 1 aromatic carbocycles. The van der Waals surface area contributed by atoms with Crippen LogP contribution in [0.5, 0.6) is 0 Å². The Hall–Kier alpha value is -3.58. The first-order chi connectivity index (χ1) is 15.0. The third kappa shape index (κ3) is 4.11. The monoisotopic (exact) mass is 460 g/mol. The van der Waals surface area contributed by atoms with Crippen molar-refractivity contribution < 1.29 is 36.2 Å². The summed E-state index contributed by atoms with van der Waals surface area (Å²) in [4.78, 5) is 14.8. The molecule has 0 bridgehead atoms. The van der Waals surface area contributed by atoms with E-state index < -0.39 is 41.5 Å². The number of hydrogen-bond acceptors (Lipinski definition) is 4. The van der Waals surface area contributed by atoms with Crippen molar-refractivity contribution in [1.82, 2.24) is 29.6 Å². The van der Waals surface area contributed by atoms with E-state index in [1.807, 2.05) is 0 Å². The zero-order valence-corrected chi connectivity index (χ0v) is 16.0. The van der Waals surface area contributed by atoms with Crippen molar-refractivity contribution in [1.29, 1.82) is 0 Å². The van der Waals surface area contributed by atoms with E-state index in [1.165, 1.54) is 9.13 Å². The normalized spacial score (nSPS) is 14.1. The maximum atomic E-state index is 14.0. The average Bonchev–Trinajstić information content (AvgIpc) is 3.29. The van der Waals surface area contributed by atoms with Gasteiger partial charge in [0.05, 0.1) is 0 Å². The largest absolute Gasteiger partial charge is 0.465 e. The molecule has 1 atom stereocenters. The molecule has 32 heavy (non-hydrogen) atoms. The number of benzene rings is 1. The molecule has 0 saturated carbocycles. The van der Waals surface area contributed by atoms with Crippen LogP contribution in [0.4, 0.5) is 31.1 Å². The minimum Gasteiger partial charge on any atom is -0.465 e. The van der Waals surface area contributed by atoms with Crippen LogP contribution in [0, 0.1) is 17.5 Å². The Bertz CT molecular complexity index is 1190. The second kappa shape index (κ2) is 7.84. The first kappa shape index (κ1) is 21.6. The lowest BCUT2D eigenvalue weighted by molar-refractivity contribution is -0.140. The molecule has 2 N–H and O–H groups in total. The molecule has 14 heteroatoms. The van der Waals surface area contributed by atoms with Crippen LogP contribution in [-0.4, -0.2) is 41.6 Å². The van der Waals surface area contributed by atoms with Crippen LogP contribution in [0.15, 0.2) is 18.3 Å². The summed E-state index contributed by atoms with van der Waals surface area (Å²) in [6, 6.07) is -0.0114. The number of carboxylic acid groups (broad SMARTS) is 1. The molecule has 0 aliphatic carbocycles. The van der Waals surface area contributed by atoms with E-state index in [0.717, 1.165) is 6.20 Å². The Kier molecular flexibility index (Phi) is 5.30. The average molecular weight is 460 g/mol. The molecule has 3 heterocycles. The SMILES string of the molecule is O=C(O)N[C@H](Cc1cc(F)c(F)cc1F)Cc1nnc2n1CCn1cc(C(F)(F)F)nc1-2. The number of amides is 1. The van der Waals surface area contributed by atoms with Gasteiger partial charge in [0.15, 0.2) is 29.0 Å². The Labute approximate surface area is 175 Å². The van der Waals surface area contributed by atoms with E-state index in [9.17, 15) is 31.1 Å². The summed E-state index contributed by atoms with van der Waals surface area (Å²) in [5, 5.41) is 19.1. The van der Waals surface area contributed by atoms with Gasteiger partial charge in [0, 0.05) is 37.8 Å². The number of alkyl halides is 3. The van der Waals surface area contributed by atoms with Gasteiger partial charge >= 0.3 is 12.3 Å². The number of carbonyl (C=O) groups is 1. The summed E-state index contributed by atoms with van der Waals surface area (Å²) in [6.07, 6.45) is -5.67. The third-order valence-corrected chi connectivity index (χ3v) is 4.97. The molecule has 0 spiro atoms. The number of aromatic nitrogens is 5. The number of aryl methyl sites for hydroxylation is 1. The Morgan fingerprint density at radius 2 is 1.78 bits per heavy atom. The van der Waals surface area contributed by atoms with Gasteiger partial charge in [0.2, 0.25) is 0 Å². The Balaban J connectivity index is 1.62. The van der Waals surface area contributed by atoms with Crippen LogP contribution in [0.3, 0.4) is 0 Å². The summed E-state index contributed by atoms with van der Waals surface area (Å²) >= 11 is 0. The fraction of sp³-hybridized carbons (Fsp3) is 0.333. The van der Waals surface area contributed by atoms with E-state index in [4.69, 9.17) is 5.11 Å². The molecule has 0 radical (unpaired) electrons. The fourth-order valence-corrected chi connectivity index (χ4v) is 3.55.